The second-order valence-electron chi connectivity index (χ2n) is 6.77. The van der Waals surface area contributed by atoms with E-state index in [-0.39, 0.29) is 33.4 Å². The molecule has 2 aromatic heterocycles. The van der Waals surface area contributed by atoms with Gasteiger partial charge in [0.15, 0.2) is 0 Å². The number of benzene rings is 2. The fourth-order valence-electron chi connectivity index (χ4n) is 2.32. The maximum atomic E-state index is 12.0. The molecule has 2 aromatic carbocycles. The molecule has 0 aliphatic heterocycles. The summed E-state index contributed by atoms with van der Waals surface area (Å²) in [6, 6.07) is 14.8. The monoisotopic (exact) mass is 598 g/mol. The standard InChI is InChI=1S/C12H7ClF3NO2.C7H5F3O2.C5H3ClFN/c13-11-7-10(5-6-17-11)18-8-1-3-9(4-2-8)19-12(14,15)16;8-7(9,10)12-6-3-1-5(11)2-4-6;6-5-3-4(7)1-2-8-5/h1-7H;1-4,11H;1-3H. The molecule has 4 aromatic rings. The predicted molar refractivity (Wildman–Crippen MR) is 126 cm³/mol. The van der Waals surface area contributed by atoms with Gasteiger partial charge in [-0.25, -0.2) is 14.4 Å². The number of hydrogen-bond acceptors (Lipinski definition) is 6. The number of nitrogens with zero attached hydrogens (tertiary/aromatic N) is 2. The third-order valence-corrected chi connectivity index (χ3v) is 4.16. The summed E-state index contributed by atoms with van der Waals surface area (Å²) in [6.07, 6.45) is -6.62. The summed E-state index contributed by atoms with van der Waals surface area (Å²) >= 11 is 11.0. The quantitative estimate of drug-likeness (QED) is 0.187. The van der Waals surface area contributed by atoms with Crippen LogP contribution in [-0.2, 0) is 0 Å². The number of aromatic hydroxyl groups is 1. The molecule has 2 heterocycles. The zero-order chi connectivity index (χ0) is 29.1. The number of hydrogen-bond donors (Lipinski definition) is 1. The van der Waals surface area contributed by atoms with Crippen molar-refractivity contribution >= 4 is 23.2 Å². The number of pyridine rings is 2. The third kappa shape index (κ3) is 13.9. The molecule has 0 aliphatic carbocycles. The summed E-state index contributed by atoms with van der Waals surface area (Å²) in [5.41, 5.74) is 0. The van der Waals surface area contributed by atoms with Crippen LogP contribution in [0.2, 0.25) is 10.3 Å². The van der Waals surface area contributed by atoms with Gasteiger partial charge < -0.3 is 19.3 Å². The summed E-state index contributed by atoms with van der Waals surface area (Å²) in [7, 11) is 0. The maximum absolute atomic E-state index is 12.0. The van der Waals surface area contributed by atoms with Crippen molar-refractivity contribution in [2.24, 2.45) is 0 Å². The first-order chi connectivity index (χ1) is 18.2. The Balaban J connectivity index is 0.000000227. The molecule has 0 atom stereocenters. The van der Waals surface area contributed by atoms with Gasteiger partial charge in [0.25, 0.3) is 0 Å². The lowest BCUT2D eigenvalue weighted by molar-refractivity contribution is -0.275. The Morgan fingerprint density at radius 3 is 1.44 bits per heavy atom. The lowest BCUT2D eigenvalue weighted by Crippen LogP contribution is -2.16. The molecular weight excluding hydrogens is 584 g/mol. The largest absolute Gasteiger partial charge is 0.573 e. The van der Waals surface area contributed by atoms with E-state index in [2.05, 4.69) is 19.4 Å². The molecule has 208 valence electrons. The van der Waals surface area contributed by atoms with Crippen molar-refractivity contribution in [1.82, 2.24) is 9.97 Å². The van der Waals surface area contributed by atoms with Gasteiger partial charge in [0.1, 0.15) is 44.9 Å². The van der Waals surface area contributed by atoms with Crippen molar-refractivity contribution in [3.63, 3.8) is 0 Å². The van der Waals surface area contributed by atoms with E-state index in [0.717, 1.165) is 42.5 Å². The molecule has 4 rings (SSSR count). The minimum absolute atomic E-state index is 0.107. The van der Waals surface area contributed by atoms with Crippen molar-refractivity contribution in [1.29, 1.82) is 0 Å². The normalized spacial score (nSPS) is 10.8. The molecule has 6 nitrogen and oxygen atoms in total. The molecule has 1 N–H and O–H groups in total. The van der Waals surface area contributed by atoms with Crippen LogP contribution >= 0.6 is 23.2 Å². The molecule has 0 radical (unpaired) electrons. The highest BCUT2D eigenvalue weighted by Crippen LogP contribution is 2.28. The fraction of sp³-hybridized carbons (Fsp3) is 0.0833. The Hall–Kier alpha value is -3.97. The van der Waals surface area contributed by atoms with Gasteiger partial charge in [-0.3, -0.25) is 0 Å². The lowest BCUT2D eigenvalue weighted by atomic mass is 10.3. The van der Waals surface area contributed by atoms with Crippen molar-refractivity contribution in [2.75, 3.05) is 0 Å². The molecule has 0 spiro atoms. The average Bonchev–Trinajstić information content (AvgIpc) is 2.81. The SMILES string of the molecule is FC(F)(F)Oc1ccc(Oc2ccnc(Cl)c2)cc1.Fc1ccnc(Cl)c1.Oc1ccc(OC(F)(F)F)cc1. The van der Waals surface area contributed by atoms with Gasteiger partial charge in [-0.15, -0.1) is 26.3 Å². The smallest absolute Gasteiger partial charge is 0.508 e. The average molecular weight is 599 g/mol. The second kappa shape index (κ2) is 14.3. The number of phenolic OH excluding ortho intramolecular Hbond substituents is 1. The van der Waals surface area contributed by atoms with Gasteiger partial charge in [0.05, 0.1) is 0 Å². The van der Waals surface area contributed by atoms with Crippen molar-refractivity contribution in [3.8, 4) is 28.7 Å². The minimum Gasteiger partial charge on any atom is -0.508 e. The molecule has 15 heteroatoms. The van der Waals surface area contributed by atoms with Gasteiger partial charge in [-0.1, -0.05) is 23.2 Å². The van der Waals surface area contributed by atoms with Crippen molar-refractivity contribution in [3.05, 3.63) is 101 Å². The Kier molecular flexibility index (Phi) is 11.4. The molecule has 0 fully saturated rings. The van der Waals surface area contributed by atoms with Gasteiger partial charge in [-0.2, -0.15) is 0 Å². The van der Waals surface area contributed by atoms with Crippen LogP contribution in [0.4, 0.5) is 30.7 Å². The Bertz CT molecular complexity index is 1290. The summed E-state index contributed by atoms with van der Waals surface area (Å²) in [5.74, 6) is -0.330. The number of rotatable bonds is 4. The third-order valence-electron chi connectivity index (χ3n) is 3.75. The topological polar surface area (TPSA) is 73.7 Å². The predicted octanol–water partition coefficient (Wildman–Crippen LogP) is 8.59. The highest BCUT2D eigenvalue weighted by atomic mass is 35.5. The van der Waals surface area contributed by atoms with Crippen molar-refractivity contribution < 1.29 is 50.1 Å². The fourth-order valence-corrected chi connectivity index (χ4v) is 2.64. The Labute approximate surface area is 226 Å². The molecule has 0 saturated carbocycles. The van der Waals surface area contributed by atoms with E-state index in [1.54, 1.807) is 6.07 Å². The summed E-state index contributed by atoms with van der Waals surface area (Å²) in [6.45, 7) is 0. The van der Waals surface area contributed by atoms with Gasteiger partial charge in [-0.05, 0) is 60.7 Å². The molecule has 0 bridgehead atoms. The van der Waals surface area contributed by atoms with Gasteiger partial charge in [0.2, 0.25) is 0 Å². The van der Waals surface area contributed by atoms with E-state index in [1.165, 1.54) is 36.7 Å². The number of alkyl halides is 6. The number of aromatic nitrogens is 2. The lowest BCUT2D eigenvalue weighted by Gasteiger charge is -2.10. The molecule has 0 amide bonds. The van der Waals surface area contributed by atoms with Crippen LogP contribution in [0.15, 0.2) is 85.2 Å². The first-order valence-electron chi connectivity index (χ1n) is 10.2. The summed E-state index contributed by atoms with van der Waals surface area (Å²) < 4.78 is 95.3. The first-order valence-corrected chi connectivity index (χ1v) is 10.9. The Morgan fingerprint density at radius 1 is 0.590 bits per heavy atom. The van der Waals surface area contributed by atoms with Crippen molar-refractivity contribution in [2.45, 2.75) is 12.7 Å². The van der Waals surface area contributed by atoms with E-state index < -0.39 is 12.7 Å². The second-order valence-corrected chi connectivity index (χ2v) is 7.55. The molecule has 0 saturated heterocycles. The van der Waals surface area contributed by atoms with Gasteiger partial charge >= 0.3 is 12.7 Å². The van der Waals surface area contributed by atoms with Crippen LogP contribution in [0.3, 0.4) is 0 Å². The van der Waals surface area contributed by atoms with Gasteiger partial charge in [0, 0.05) is 24.5 Å². The molecule has 0 unspecified atom stereocenters. The summed E-state index contributed by atoms with van der Waals surface area (Å²) in [5, 5.41) is 9.16. The van der Waals surface area contributed by atoms with E-state index in [4.69, 9.17) is 33.0 Å². The first kappa shape index (κ1) is 31.2. The zero-order valence-corrected chi connectivity index (χ0v) is 20.6. The number of ether oxygens (including phenoxy) is 3. The summed E-state index contributed by atoms with van der Waals surface area (Å²) in [4.78, 5) is 7.34. The Morgan fingerprint density at radius 2 is 1.03 bits per heavy atom. The molecule has 39 heavy (non-hydrogen) atoms. The zero-order valence-electron chi connectivity index (χ0n) is 19.1. The van der Waals surface area contributed by atoms with Crippen LogP contribution in [0.25, 0.3) is 0 Å². The highest BCUT2D eigenvalue weighted by Gasteiger charge is 2.31. The van der Waals surface area contributed by atoms with E-state index >= 15 is 0 Å². The van der Waals surface area contributed by atoms with E-state index in [0.29, 0.717) is 11.5 Å². The molecule has 0 aliphatic rings. The number of halogens is 9. The maximum Gasteiger partial charge on any atom is 0.573 e. The van der Waals surface area contributed by atoms with Crippen LogP contribution in [-0.4, -0.2) is 27.8 Å². The highest BCUT2D eigenvalue weighted by molar-refractivity contribution is 6.29. The van der Waals surface area contributed by atoms with Crippen LogP contribution in [0.5, 0.6) is 28.7 Å². The van der Waals surface area contributed by atoms with E-state index in [9.17, 15) is 30.7 Å². The van der Waals surface area contributed by atoms with E-state index in [1.807, 2.05) is 0 Å². The molecular formula is C24H15Cl2F7N2O4. The van der Waals surface area contributed by atoms with Crippen LogP contribution in [0.1, 0.15) is 0 Å². The van der Waals surface area contributed by atoms with Crippen LogP contribution < -0.4 is 14.2 Å². The van der Waals surface area contributed by atoms with Crippen LogP contribution in [0, 0.1) is 5.82 Å². The number of phenols is 1. The minimum atomic E-state index is -4.71.